The van der Waals surface area contributed by atoms with Crippen LogP contribution in [0, 0.1) is 6.92 Å². The van der Waals surface area contributed by atoms with E-state index in [0.717, 1.165) is 28.8 Å². The number of sulfonamides is 1. The first kappa shape index (κ1) is 20.6. The van der Waals surface area contributed by atoms with E-state index >= 15 is 0 Å². The summed E-state index contributed by atoms with van der Waals surface area (Å²) in [5, 5.41) is 2.90. The highest BCUT2D eigenvalue weighted by Crippen LogP contribution is 2.26. The average molecular weight is 427 g/mol. The highest BCUT2D eigenvalue weighted by molar-refractivity contribution is 7.89. The van der Waals surface area contributed by atoms with Crippen LogP contribution in [0.4, 0.5) is 0 Å². The molecule has 8 heteroatoms. The van der Waals surface area contributed by atoms with Crippen LogP contribution in [0.2, 0.25) is 0 Å². The molecule has 0 spiro atoms. The minimum Gasteiger partial charge on any atom is -0.355 e. The van der Waals surface area contributed by atoms with Gasteiger partial charge in [-0.05, 0) is 50.5 Å². The normalized spacial score (nSPS) is 17.4. The average Bonchev–Trinajstić information content (AvgIpc) is 3.38. The minimum absolute atomic E-state index is 0.229. The van der Waals surface area contributed by atoms with Gasteiger partial charge in [0.25, 0.3) is 0 Å². The van der Waals surface area contributed by atoms with Gasteiger partial charge in [-0.25, -0.2) is 13.4 Å². The Kier molecular flexibility index (Phi) is 5.87. The van der Waals surface area contributed by atoms with Gasteiger partial charge in [-0.1, -0.05) is 29.8 Å². The third kappa shape index (κ3) is 4.24. The van der Waals surface area contributed by atoms with Crippen LogP contribution in [0.25, 0.3) is 11.0 Å². The van der Waals surface area contributed by atoms with Gasteiger partial charge < -0.3 is 10.3 Å². The molecule has 158 valence electrons. The first-order valence-electron chi connectivity index (χ1n) is 10.2. The molecule has 1 aliphatic rings. The summed E-state index contributed by atoms with van der Waals surface area (Å²) in [6, 6.07) is 14.0. The number of nitrogens with zero attached hydrogens (tertiary/aromatic N) is 2. The quantitative estimate of drug-likeness (QED) is 0.568. The summed E-state index contributed by atoms with van der Waals surface area (Å²) in [6.45, 7) is 2.76. The maximum atomic E-state index is 13.0. The Morgan fingerprint density at radius 1 is 1.20 bits per heavy atom. The van der Waals surface area contributed by atoms with Crippen LogP contribution in [0.15, 0.2) is 53.4 Å². The molecule has 0 radical (unpaired) electrons. The van der Waals surface area contributed by atoms with E-state index in [1.807, 2.05) is 31.2 Å². The number of aromatic nitrogens is 2. The first-order chi connectivity index (χ1) is 14.4. The number of amides is 1. The Morgan fingerprint density at radius 2 is 1.97 bits per heavy atom. The fraction of sp³-hybridized carbons (Fsp3) is 0.364. The third-order valence-electron chi connectivity index (χ3n) is 5.46. The molecule has 2 aromatic carbocycles. The second kappa shape index (κ2) is 8.57. The number of rotatable bonds is 7. The fourth-order valence-corrected chi connectivity index (χ4v) is 5.50. The Balaban J connectivity index is 1.33. The van der Waals surface area contributed by atoms with Crippen molar-refractivity contribution in [2.75, 3.05) is 13.1 Å². The standard InChI is InChI=1S/C22H26N4O3S/c1-16-10-12-17(13-11-16)30(28,29)26-15-5-8-20(26)22(27)23-14-4-9-21-24-18-6-2-3-7-19(18)25-21/h2-3,6-7,10-13,20H,4-5,8-9,14-15H2,1H3,(H,23,27)(H,24,25)/t20-/m0/s1. The van der Waals surface area contributed by atoms with Gasteiger partial charge in [0, 0.05) is 19.5 Å². The van der Waals surface area contributed by atoms with Crippen molar-refractivity contribution in [1.29, 1.82) is 0 Å². The molecule has 3 aromatic rings. The predicted molar refractivity (Wildman–Crippen MR) is 116 cm³/mol. The fourth-order valence-electron chi connectivity index (χ4n) is 3.84. The molecule has 2 heterocycles. The van der Waals surface area contributed by atoms with Gasteiger partial charge in [0.15, 0.2) is 0 Å². The van der Waals surface area contributed by atoms with Crippen molar-refractivity contribution in [1.82, 2.24) is 19.6 Å². The molecule has 1 aromatic heterocycles. The number of carbonyl (C=O) groups is 1. The number of fused-ring (bicyclic) bond motifs is 1. The molecule has 1 amide bonds. The summed E-state index contributed by atoms with van der Waals surface area (Å²) in [5.41, 5.74) is 2.92. The monoisotopic (exact) mass is 426 g/mol. The van der Waals surface area contributed by atoms with E-state index in [4.69, 9.17) is 0 Å². The Hall–Kier alpha value is -2.71. The number of aromatic amines is 1. The van der Waals surface area contributed by atoms with E-state index in [9.17, 15) is 13.2 Å². The molecule has 0 unspecified atom stereocenters. The first-order valence-corrected chi connectivity index (χ1v) is 11.7. The van der Waals surface area contributed by atoms with Crippen molar-refractivity contribution < 1.29 is 13.2 Å². The second-order valence-electron chi connectivity index (χ2n) is 7.68. The highest BCUT2D eigenvalue weighted by Gasteiger charge is 2.39. The van der Waals surface area contributed by atoms with Crippen molar-refractivity contribution in [2.45, 2.75) is 43.5 Å². The topological polar surface area (TPSA) is 95.2 Å². The number of H-pyrrole nitrogens is 1. The lowest BCUT2D eigenvalue weighted by molar-refractivity contribution is -0.124. The lowest BCUT2D eigenvalue weighted by atomic mass is 10.2. The molecule has 1 saturated heterocycles. The Morgan fingerprint density at radius 3 is 2.73 bits per heavy atom. The van der Waals surface area contributed by atoms with E-state index in [1.165, 1.54) is 4.31 Å². The van der Waals surface area contributed by atoms with Gasteiger partial charge in [-0.15, -0.1) is 0 Å². The van der Waals surface area contributed by atoms with Gasteiger partial charge >= 0.3 is 0 Å². The molecule has 0 bridgehead atoms. The predicted octanol–water partition coefficient (Wildman–Crippen LogP) is 2.77. The molecule has 4 rings (SSSR count). The zero-order chi connectivity index (χ0) is 21.1. The van der Waals surface area contributed by atoms with Gasteiger partial charge in [0.2, 0.25) is 15.9 Å². The molecule has 2 N–H and O–H groups in total. The molecule has 1 fully saturated rings. The molecular weight excluding hydrogens is 400 g/mol. The van der Waals surface area contributed by atoms with E-state index in [0.29, 0.717) is 32.4 Å². The maximum absolute atomic E-state index is 13.0. The number of para-hydroxylation sites is 2. The van der Waals surface area contributed by atoms with Crippen LogP contribution >= 0.6 is 0 Å². The SMILES string of the molecule is Cc1ccc(S(=O)(=O)N2CCC[C@H]2C(=O)NCCCc2nc3ccccc3[nH]2)cc1. The van der Waals surface area contributed by atoms with Crippen LogP contribution in [0.1, 0.15) is 30.7 Å². The summed E-state index contributed by atoms with van der Waals surface area (Å²) >= 11 is 0. The van der Waals surface area contributed by atoms with Crippen molar-refractivity contribution in [3.8, 4) is 0 Å². The summed E-state index contributed by atoms with van der Waals surface area (Å²) in [6.07, 6.45) is 2.66. The summed E-state index contributed by atoms with van der Waals surface area (Å²) < 4.78 is 27.3. The van der Waals surface area contributed by atoms with Crippen molar-refractivity contribution in [2.24, 2.45) is 0 Å². The second-order valence-corrected chi connectivity index (χ2v) is 9.57. The molecule has 1 aliphatic heterocycles. The van der Waals surface area contributed by atoms with Crippen LogP contribution in [-0.2, 0) is 21.2 Å². The zero-order valence-electron chi connectivity index (χ0n) is 17.0. The van der Waals surface area contributed by atoms with E-state index < -0.39 is 16.1 Å². The Labute approximate surface area is 176 Å². The van der Waals surface area contributed by atoms with Crippen molar-refractivity contribution >= 4 is 27.0 Å². The lowest BCUT2D eigenvalue weighted by Gasteiger charge is -2.23. The van der Waals surface area contributed by atoms with Crippen molar-refractivity contribution in [3.63, 3.8) is 0 Å². The van der Waals surface area contributed by atoms with Crippen LogP contribution < -0.4 is 5.32 Å². The van der Waals surface area contributed by atoms with Gasteiger partial charge in [-0.2, -0.15) is 4.31 Å². The third-order valence-corrected chi connectivity index (χ3v) is 7.38. The summed E-state index contributed by atoms with van der Waals surface area (Å²) in [4.78, 5) is 20.7. The number of aryl methyl sites for hydroxylation is 2. The number of hydrogen-bond acceptors (Lipinski definition) is 4. The Bertz CT molecular complexity index is 1110. The summed E-state index contributed by atoms with van der Waals surface area (Å²) in [5.74, 6) is 0.655. The maximum Gasteiger partial charge on any atom is 0.243 e. The van der Waals surface area contributed by atoms with E-state index in [2.05, 4.69) is 15.3 Å². The largest absolute Gasteiger partial charge is 0.355 e. The van der Waals surface area contributed by atoms with Crippen molar-refractivity contribution in [3.05, 3.63) is 59.9 Å². The van der Waals surface area contributed by atoms with E-state index in [-0.39, 0.29) is 10.8 Å². The molecule has 0 aliphatic carbocycles. The molecule has 30 heavy (non-hydrogen) atoms. The highest BCUT2D eigenvalue weighted by atomic mass is 32.2. The zero-order valence-corrected chi connectivity index (χ0v) is 17.8. The lowest BCUT2D eigenvalue weighted by Crippen LogP contribution is -2.46. The van der Waals surface area contributed by atoms with Gasteiger partial charge in [-0.3, -0.25) is 4.79 Å². The molecule has 1 atom stereocenters. The van der Waals surface area contributed by atoms with Crippen LogP contribution in [0.5, 0.6) is 0 Å². The molecule has 0 saturated carbocycles. The number of imidazole rings is 1. The molecule has 7 nitrogen and oxygen atoms in total. The van der Waals surface area contributed by atoms with Crippen LogP contribution in [-0.4, -0.2) is 47.7 Å². The number of hydrogen-bond donors (Lipinski definition) is 2. The number of benzene rings is 2. The summed E-state index contributed by atoms with van der Waals surface area (Å²) in [7, 11) is -3.68. The van der Waals surface area contributed by atoms with Crippen LogP contribution in [0.3, 0.4) is 0 Å². The number of nitrogens with one attached hydrogen (secondary N) is 2. The minimum atomic E-state index is -3.68. The van der Waals surface area contributed by atoms with Gasteiger partial charge in [0.05, 0.1) is 15.9 Å². The van der Waals surface area contributed by atoms with E-state index in [1.54, 1.807) is 24.3 Å². The molecular formula is C22H26N4O3S. The smallest absolute Gasteiger partial charge is 0.243 e. The van der Waals surface area contributed by atoms with Gasteiger partial charge in [0.1, 0.15) is 11.9 Å². The number of carbonyl (C=O) groups excluding carboxylic acids is 1.